The first-order valence-corrected chi connectivity index (χ1v) is 6.21. The van der Waals surface area contributed by atoms with E-state index in [4.69, 9.17) is 0 Å². The van der Waals surface area contributed by atoms with Gasteiger partial charge in [-0.1, -0.05) is 18.2 Å². The van der Waals surface area contributed by atoms with Gasteiger partial charge < -0.3 is 0 Å². The van der Waals surface area contributed by atoms with Gasteiger partial charge in [0, 0.05) is 11.1 Å². The van der Waals surface area contributed by atoms with E-state index in [1.807, 2.05) is 43.3 Å². The Balaban J connectivity index is 2.05. The van der Waals surface area contributed by atoms with Crippen LogP contribution in [-0.4, -0.2) is 25.2 Å². The third-order valence-corrected chi connectivity index (χ3v) is 3.32. The van der Waals surface area contributed by atoms with E-state index in [0.717, 1.165) is 16.1 Å². The Morgan fingerprint density at radius 2 is 2.00 bits per heavy atom. The predicted octanol–water partition coefficient (Wildman–Crippen LogP) is 2.32. The van der Waals surface area contributed by atoms with E-state index in [9.17, 15) is 0 Å². The third-order valence-electron chi connectivity index (χ3n) is 2.74. The number of nitrogens with zero attached hydrogens (tertiary/aromatic N) is 5. The van der Waals surface area contributed by atoms with Gasteiger partial charge in [-0.2, -0.15) is 0 Å². The highest BCUT2D eigenvalue weighted by Gasteiger charge is 2.10. The maximum atomic E-state index is 4.48. The Morgan fingerprint density at radius 1 is 1.11 bits per heavy atom. The summed E-state index contributed by atoms with van der Waals surface area (Å²) in [4.78, 5) is 6.51. The van der Waals surface area contributed by atoms with Crippen LogP contribution in [0.15, 0.2) is 47.5 Å². The molecular formula is C13H11N5S. The summed E-state index contributed by atoms with van der Waals surface area (Å²) < 4.78 is 0. The molecule has 3 aromatic rings. The second kappa shape index (κ2) is 4.81. The summed E-state index contributed by atoms with van der Waals surface area (Å²) in [6.07, 6.45) is 1.70. The van der Waals surface area contributed by atoms with Gasteiger partial charge in [-0.3, -0.25) is 4.98 Å². The van der Waals surface area contributed by atoms with Crippen LogP contribution in [0.25, 0.3) is 17.2 Å². The van der Waals surface area contributed by atoms with E-state index in [0.29, 0.717) is 11.5 Å². The number of aromatic nitrogens is 5. The molecule has 0 bridgehead atoms. The largest absolute Gasteiger partial charge is 0.253 e. The summed E-state index contributed by atoms with van der Waals surface area (Å²) >= 11 is 4.48. The predicted molar refractivity (Wildman–Crippen MR) is 74.4 cm³/mol. The van der Waals surface area contributed by atoms with Crippen LogP contribution >= 0.6 is 12.6 Å². The monoisotopic (exact) mass is 269 g/mol. The number of aryl methyl sites for hydroxylation is 1. The molecule has 0 saturated carbocycles. The van der Waals surface area contributed by atoms with Crippen LogP contribution in [0, 0.1) is 6.92 Å². The maximum absolute atomic E-state index is 4.48. The van der Waals surface area contributed by atoms with E-state index < -0.39 is 0 Å². The van der Waals surface area contributed by atoms with Crippen LogP contribution in [0.5, 0.6) is 0 Å². The smallest absolute Gasteiger partial charge is 0.223 e. The molecule has 0 fully saturated rings. The zero-order valence-electron chi connectivity index (χ0n) is 10.2. The molecule has 19 heavy (non-hydrogen) atoms. The standard InChI is InChI=1S/C13H11N5S/c1-9-5-4-7-11(12(9)19)18-16-13(15-17-18)10-6-2-3-8-14-10/h2-8,19H,1H3. The summed E-state index contributed by atoms with van der Waals surface area (Å²) in [6.45, 7) is 1.99. The van der Waals surface area contributed by atoms with E-state index in [1.54, 1.807) is 6.20 Å². The number of rotatable bonds is 2. The van der Waals surface area contributed by atoms with Gasteiger partial charge in [-0.05, 0) is 35.9 Å². The van der Waals surface area contributed by atoms with Gasteiger partial charge in [0.1, 0.15) is 11.4 Å². The molecule has 2 heterocycles. The molecule has 0 atom stereocenters. The van der Waals surface area contributed by atoms with Crippen molar-refractivity contribution in [2.45, 2.75) is 11.8 Å². The fraction of sp³-hybridized carbons (Fsp3) is 0.0769. The van der Waals surface area contributed by atoms with Gasteiger partial charge in [0.2, 0.25) is 5.82 Å². The lowest BCUT2D eigenvalue weighted by Gasteiger charge is -2.04. The zero-order chi connectivity index (χ0) is 13.2. The molecule has 6 heteroatoms. The fourth-order valence-electron chi connectivity index (χ4n) is 1.72. The first kappa shape index (κ1) is 11.9. The second-order valence-corrected chi connectivity index (χ2v) is 4.51. The average molecular weight is 269 g/mol. The molecule has 0 aliphatic rings. The third kappa shape index (κ3) is 2.22. The van der Waals surface area contributed by atoms with Crippen molar-refractivity contribution in [1.29, 1.82) is 0 Å². The molecule has 5 nitrogen and oxygen atoms in total. The van der Waals surface area contributed by atoms with E-state index in [-0.39, 0.29) is 0 Å². The molecule has 0 spiro atoms. The van der Waals surface area contributed by atoms with Crippen molar-refractivity contribution >= 4 is 12.6 Å². The minimum Gasteiger partial charge on any atom is -0.253 e. The van der Waals surface area contributed by atoms with Gasteiger partial charge in [-0.15, -0.1) is 27.6 Å². The fourth-order valence-corrected chi connectivity index (χ4v) is 1.96. The van der Waals surface area contributed by atoms with Crippen molar-refractivity contribution in [1.82, 2.24) is 25.2 Å². The molecule has 0 aliphatic carbocycles. The first-order valence-electron chi connectivity index (χ1n) is 5.76. The normalized spacial score (nSPS) is 10.6. The average Bonchev–Trinajstić information content (AvgIpc) is 2.92. The molecular weight excluding hydrogens is 258 g/mol. The summed E-state index contributed by atoms with van der Waals surface area (Å²) in [6, 6.07) is 11.4. The van der Waals surface area contributed by atoms with Gasteiger partial charge in [0.25, 0.3) is 0 Å². The molecule has 0 saturated heterocycles. The maximum Gasteiger partial charge on any atom is 0.223 e. The van der Waals surface area contributed by atoms with Crippen molar-refractivity contribution in [3.8, 4) is 17.2 Å². The molecule has 3 rings (SSSR count). The van der Waals surface area contributed by atoms with E-state index >= 15 is 0 Å². The van der Waals surface area contributed by atoms with Gasteiger partial charge >= 0.3 is 0 Å². The number of benzene rings is 1. The highest BCUT2D eigenvalue weighted by Crippen LogP contribution is 2.21. The van der Waals surface area contributed by atoms with Crippen molar-refractivity contribution in [3.63, 3.8) is 0 Å². The van der Waals surface area contributed by atoms with Crippen molar-refractivity contribution < 1.29 is 0 Å². The molecule has 2 aromatic heterocycles. The van der Waals surface area contributed by atoms with Gasteiger partial charge in [0.15, 0.2) is 0 Å². The minimum absolute atomic E-state index is 0.495. The number of hydrogen-bond donors (Lipinski definition) is 1. The molecule has 0 N–H and O–H groups in total. The lowest BCUT2D eigenvalue weighted by molar-refractivity contribution is 0.708. The minimum atomic E-state index is 0.495. The Morgan fingerprint density at radius 3 is 2.79 bits per heavy atom. The SMILES string of the molecule is Cc1cccc(-n2nnc(-c3ccccn3)n2)c1S. The number of tetrazole rings is 1. The van der Waals surface area contributed by atoms with Crippen molar-refractivity contribution in [2.75, 3.05) is 0 Å². The van der Waals surface area contributed by atoms with E-state index in [1.165, 1.54) is 4.80 Å². The zero-order valence-corrected chi connectivity index (χ0v) is 11.1. The molecule has 0 unspecified atom stereocenters. The molecule has 94 valence electrons. The lowest BCUT2D eigenvalue weighted by atomic mass is 10.2. The summed E-state index contributed by atoms with van der Waals surface area (Å²) in [5.41, 5.74) is 2.57. The second-order valence-electron chi connectivity index (χ2n) is 4.06. The first-order chi connectivity index (χ1) is 9.25. The highest BCUT2D eigenvalue weighted by atomic mass is 32.1. The quantitative estimate of drug-likeness (QED) is 0.725. The topological polar surface area (TPSA) is 56.5 Å². The Kier molecular flexibility index (Phi) is 3.00. The van der Waals surface area contributed by atoms with Crippen LogP contribution in [0.3, 0.4) is 0 Å². The highest BCUT2D eigenvalue weighted by molar-refractivity contribution is 7.80. The Bertz CT molecular complexity index is 708. The van der Waals surface area contributed by atoms with Crippen LogP contribution in [0.1, 0.15) is 5.56 Å². The van der Waals surface area contributed by atoms with Crippen LogP contribution < -0.4 is 0 Å². The molecule has 0 radical (unpaired) electrons. The van der Waals surface area contributed by atoms with E-state index in [2.05, 4.69) is 33.0 Å². The van der Waals surface area contributed by atoms with Crippen molar-refractivity contribution in [3.05, 3.63) is 48.2 Å². The Labute approximate surface area is 115 Å². The number of hydrogen-bond acceptors (Lipinski definition) is 5. The van der Waals surface area contributed by atoms with Crippen molar-refractivity contribution in [2.24, 2.45) is 0 Å². The molecule has 0 amide bonds. The summed E-state index contributed by atoms with van der Waals surface area (Å²) in [7, 11) is 0. The van der Waals surface area contributed by atoms with Crippen LogP contribution in [0.2, 0.25) is 0 Å². The number of thiol groups is 1. The lowest BCUT2D eigenvalue weighted by Crippen LogP contribution is -2.01. The molecule has 0 aliphatic heterocycles. The Hall–Kier alpha value is -2.21. The van der Waals surface area contributed by atoms with Gasteiger partial charge in [0.05, 0.1) is 0 Å². The molecule has 1 aromatic carbocycles. The van der Waals surface area contributed by atoms with Crippen LogP contribution in [-0.2, 0) is 0 Å². The number of pyridine rings is 1. The van der Waals surface area contributed by atoms with Gasteiger partial charge in [-0.25, -0.2) is 0 Å². The summed E-state index contributed by atoms with van der Waals surface area (Å²) in [5, 5.41) is 12.4. The van der Waals surface area contributed by atoms with Crippen LogP contribution in [0.4, 0.5) is 0 Å². The summed E-state index contributed by atoms with van der Waals surface area (Å²) in [5.74, 6) is 0.495.